The molecule has 1 N–H and O–H groups in total. The normalized spacial score (nSPS) is 18.5. The number of nitrogens with zero attached hydrogens (tertiary/aromatic N) is 2. The highest BCUT2D eigenvalue weighted by molar-refractivity contribution is 5.77. The van der Waals surface area contributed by atoms with Gasteiger partial charge in [0.15, 0.2) is 0 Å². The van der Waals surface area contributed by atoms with Crippen LogP contribution in [0.1, 0.15) is 32.1 Å². The van der Waals surface area contributed by atoms with Crippen molar-refractivity contribution in [2.75, 3.05) is 13.2 Å². The molecule has 2 aromatic rings. The minimum absolute atomic E-state index is 0.0913. The van der Waals surface area contributed by atoms with E-state index >= 15 is 0 Å². The van der Waals surface area contributed by atoms with Gasteiger partial charge in [-0.15, -0.1) is 0 Å². The Bertz CT molecular complexity index is 617. The molecule has 22 heavy (non-hydrogen) atoms. The van der Waals surface area contributed by atoms with Gasteiger partial charge in [-0.25, -0.2) is 4.98 Å². The summed E-state index contributed by atoms with van der Waals surface area (Å²) in [4.78, 5) is 16.3. The zero-order valence-electron chi connectivity index (χ0n) is 12.8. The van der Waals surface area contributed by atoms with Gasteiger partial charge >= 0.3 is 0 Å². The summed E-state index contributed by atoms with van der Waals surface area (Å²) in [6.45, 7) is 2.23. The first-order chi connectivity index (χ1) is 10.8. The van der Waals surface area contributed by atoms with Gasteiger partial charge in [-0.2, -0.15) is 0 Å². The number of hydrogen-bond acceptors (Lipinski definition) is 3. The molecule has 1 aromatic carbocycles. The van der Waals surface area contributed by atoms with Crippen LogP contribution in [0.2, 0.25) is 0 Å². The summed E-state index contributed by atoms with van der Waals surface area (Å²) in [5.41, 5.74) is 2.04. The molecule has 118 valence electrons. The van der Waals surface area contributed by atoms with E-state index in [2.05, 4.69) is 10.3 Å². The van der Waals surface area contributed by atoms with Crippen molar-refractivity contribution in [2.45, 2.75) is 44.8 Å². The number of imidazole rings is 1. The van der Waals surface area contributed by atoms with Gasteiger partial charge in [0.2, 0.25) is 5.91 Å². The van der Waals surface area contributed by atoms with Gasteiger partial charge in [0.1, 0.15) is 0 Å². The Balaban J connectivity index is 1.40. The topological polar surface area (TPSA) is 56.2 Å². The van der Waals surface area contributed by atoms with E-state index in [0.717, 1.165) is 30.5 Å². The molecule has 1 fully saturated rings. The molecule has 1 aromatic heterocycles. The molecular formula is C17H23N3O2. The first-order valence-corrected chi connectivity index (χ1v) is 8.11. The second kappa shape index (κ2) is 7.40. The predicted octanol–water partition coefficient (Wildman–Crippen LogP) is 2.50. The third kappa shape index (κ3) is 3.85. The fourth-order valence-electron chi connectivity index (χ4n) is 2.91. The van der Waals surface area contributed by atoms with Crippen LogP contribution in [0, 0.1) is 0 Å². The highest BCUT2D eigenvalue weighted by atomic mass is 16.5. The Kier molecular flexibility index (Phi) is 5.06. The largest absolute Gasteiger partial charge is 0.378 e. The summed E-state index contributed by atoms with van der Waals surface area (Å²) in [5, 5.41) is 2.99. The lowest BCUT2D eigenvalue weighted by Gasteiger charge is -2.22. The quantitative estimate of drug-likeness (QED) is 0.892. The van der Waals surface area contributed by atoms with Crippen molar-refractivity contribution in [1.29, 1.82) is 0 Å². The smallest absolute Gasteiger partial charge is 0.221 e. The number of benzene rings is 1. The number of aromatic nitrogens is 2. The Morgan fingerprint density at radius 1 is 1.36 bits per heavy atom. The van der Waals surface area contributed by atoms with Crippen molar-refractivity contribution in [3.8, 4) is 0 Å². The number of ether oxygens (including phenoxy) is 1. The summed E-state index contributed by atoms with van der Waals surface area (Å²) in [7, 11) is 0. The SMILES string of the molecule is O=C(CCn1cnc2ccccc21)NCC[C@@H]1CCCCO1. The number of para-hydroxylation sites is 2. The highest BCUT2D eigenvalue weighted by Crippen LogP contribution is 2.15. The minimum atomic E-state index is 0.0913. The minimum Gasteiger partial charge on any atom is -0.378 e. The van der Waals surface area contributed by atoms with Crippen LogP contribution in [-0.2, 0) is 16.1 Å². The van der Waals surface area contributed by atoms with Crippen molar-refractivity contribution in [1.82, 2.24) is 14.9 Å². The molecule has 0 saturated carbocycles. The zero-order valence-corrected chi connectivity index (χ0v) is 12.8. The molecule has 1 amide bonds. The molecule has 0 radical (unpaired) electrons. The molecule has 1 aliphatic heterocycles. The number of carbonyl (C=O) groups excluding carboxylic acids is 1. The van der Waals surface area contributed by atoms with E-state index in [4.69, 9.17) is 4.74 Å². The van der Waals surface area contributed by atoms with Crippen LogP contribution in [0.5, 0.6) is 0 Å². The van der Waals surface area contributed by atoms with Crippen LogP contribution in [0.25, 0.3) is 11.0 Å². The highest BCUT2D eigenvalue weighted by Gasteiger charge is 2.13. The Hall–Kier alpha value is -1.88. The number of nitrogens with one attached hydrogen (secondary N) is 1. The van der Waals surface area contributed by atoms with Crippen molar-refractivity contribution in [2.24, 2.45) is 0 Å². The van der Waals surface area contributed by atoms with Crippen molar-refractivity contribution in [3.05, 3.63) is 30.6 Å². The van der Waals surface area contributed by atoms with Crippen LogP contribution in [0.15, 0.2) is 30.6 Å². The maximum absolute atomic E-state index is 11.9. The molecule has 3 rings (SSSR count). The van der Waals surface area contributed by atoms with E-state index in [0.29, 0.717) is 25.6 Å². The van der Waals surface area contributed by atoms with Crippen LogP contribution in [0.4, 0.5) is 0 Å². The zero-order chi connectivity index (χ0) is 15.2. The number of carbonyl (C=O) groups is 1. The number of amides is 1. The summed E-state index contributed by atoms with van der Waals surface area (Å²) < 4.78 is 7.69. The second-order valence-corrected chi connectivity index (χ2v) is 5.80. The molecule has 1 saturated heterocycles. The third-order valence-electron chi connectivity index (χ3n) is 4.17. The number of aryl methyl sites for hydroxylation is 1. The third-order valence-corrected chi connectivity index (χ3v) is 4.17. The Morgan fingerprint density at radius 2 is 2.27 bits per heavy atom. The average molecular weight is 301 g/mol. The van der Waals surface area contributed by atoms with Crippen LogP contribution >= 0.6 is 0 Å². The molecule has 0 unspecified atom stereocenters. The fraction of sp³-hybridized carbons (Fsp3) is 0.529. The number of fused-ring (bicyclic) bond motifs is 1. The second-order valence-electron chi connectivity index (χ2n) is 5.80. The summed E-state index contributed by atoms with van der Waals surface area (Å²) in [6, 6.07) is 7.97. The van der Waals surface area contributed by atoms with Gasteiger partial charge in [-0.05, 0) is 37.8 Å². The van der Waals surface area contributed by atoms with Crippen molar-refractivity contribution >= 4 is 16.9 Å². The molecule has 5 nitrogen and oxygen atoms in total. The van der Waals surface area contributed by atoms with E-state index < -0.39 is 0 Å². The molecule has 1 atom stereocenters. The lowest BCUT2D eigenvalue weighted by molar-refractivity contribution is -0.121. The van der Waals surface area contributed by atoms with Gasteiger partial charge in [0, 0.05) is 26.1 Å². The van der Waals surface area contributed by atoms with Crippen molar-refractivity contribution < 1.29 is 9.53 Å². The van der Waals surface area contributed by atoms with Crippen LogP contribution in [0.3, 0.4) is 0 Å². The molecule has 0 spiro atoms. The van der Waals surface area contributed by atoms with E-state index in [1.54, 1.807) is 6.33 Å². The van der Waals surface area contributed by atoms with Crippen molar-refractivity contribution in [3.63, 3.8) is 0 Å². The Morgan fingerprint density at radius 3 is 3.14 bits per heavy atom. The van der Waals surface area contributed by atoms with Crippen LogP contribution in [-0.4, -0.2) is 34.7 Å². The lowest BCUT2D eigenvalue weighted by Crippen LogP contribution is -2.29. The van der Waals surface area contributed by atoms with E-state index in [-0.39, 0.29) is 5.91 Å². The summed E-state index contributed by atoms with van der Waals surface area (Å²) >= 11 is 0. The first-order valence-electron chi connectivity index (χ1n) is 8.11. The number of rotatable bonds is 6. The molecule has 0 aliphatic carbocycles. The van der Waals surface area contributed by atoms with E-state index in [9.17, 15) is 4.79 Å². The molecule has 5 heteroatoms. The van der Waals surface area contributed by atoms with Crippen LogP contribution < -0.4 is 5.32 Å². The molecule has 2 heterocycles. The van der Waals surface area contributed by atoms with E-state index in [1.807, 2.05) is 28.8 Å². The van der Waals surface area contributed by atoms with Gasteiger partial charge in [-0.3, -0.25) is 4.79 Å². The summed E-state index contributed by atoms with van der Waals surface area (Å²) in [5.74, 6) is 0.0913. The monoisotopic (exact) mass is 301 g/mol. The van der Waals surface area contributed by atoms with Gasteiger partial charge in [0.25, 0.3) is 0 Å². The maximum Gasteiger partial charge on any atom is 0.221 e. The standard InChI is InChI=1S/C17H23N3O2/c21-17(18-10-8-14-5-3-4-12-22-14)9-11-20-13-19-15-6-1-2-7-16(15)20/h1-2,6-7,13-14H,3-5,8-12H2,(H,18,21)/t14-/m0/s1. The predicted molar refractivity (Wildman–Crippen MR) is 85.6 cm³/mol. The van der Waals surface area contributed by atoms with Gasteiger partial charge in [-0.1, -0.05) is 12.1 Å². The fourth-order valence-corrected chi connectivity index (χ4v) is 2.91. The maximum atomic E-state index is 11.9. The average Bonchev–Trinajstić information content (AvgIpc) is 2.97. The Labute approximate surface area is 130 Å². The van der Waals surface area contributed by atoms with Gasteiger partial charge in [0.05, 0.1) is 23.5 Å². The first kappa shape index (κ1) is 15.0. The number of hydrogen-bond donors (Lipinski definition) is 1. The molecule has 1 aliphatic rings. The van der Waals surface area contributed by atoms with E-state index in [1.165, 1.54) is 12.8 Å². The molecule has 0 bridgehead atoms. The molecular weight excluding hydrogens is 278 g/mol. The summed E-state index contributed by atoms with van der Waals surface area (Å²) in [6.07, 6.45) is 7.05. The van der Waals surface area contributed by atoms with Gasteiger partial charge < -0.3 is 14.6 Å². The lowest BCUT2D eigenvalue weighted by atomic mass is 10.1.